The molecule has 2 fully saturated rings. The van der Waals surface area contributed by atoms with Crippen molar-refractivity contribution in [1.82, 2.24) is 29.3 Å². The van der Waals surface area contributed by atoms with Gasteiger partial charge in [0.2, 0.25) is 11.9 Å². The van der Waals surface area contributed by atoms with Crippen molar-refractivity contribution in [3.8, 4) is 0 Å². The first kappa shape index (κ1) is 29.0. The summed E-state index contributed by atoms with van der Waals surface area (Å²) in [4.78, 5) is 36.7. The Hall–Kier alpha value is -3.47. The van der Waals surface area contributed by atoms with Crippen LogP contribution < -0.4 is 5.32 Å². The van der Waals surface area contributed by atoms with Gasteiger partial charge >= 0.3 is 0 Å². The van der Waals surface area contributed by atoms with Crippen molar-refractivity contribution in [2.24, 2.45) is 5.92 Å². The Morgan fingerprint density at radius 3 is 2.54 bits per heavy atom. The van der Waals surface area contributed by atoms with Gasteiger partial charge in [-0.05, 0) is 87.8 Å². The zero-order valence-electron chi connectivity index (χ0n) is 23.7. The zero-order valence-corrected chi connectivity index (χ0v) is 24.5. The fourth-order valence-corrected chi connectivity index (χ4v) is 5.89. The lowest BCUT2D eigenvalue weighted by Crippen LogP contribution is -2.44. The number of halogens is 1. The van der Waals surface area contributed by atoms with Crippen molar-refractivity contribution in [2.45, 2.75) is 31.7 Å². The van der Waals surface area contributed by atoms with Gasteiger partial charge in [0.25, 0.3) is 5.91 Å². The topological polar surface area (TPSA) is 95.3 Å². The van der Waals surface area contributed by atoms with Gasteiger partial charge in [-0.1, -0.05) is 6.08 Å². The number of benzene rings is 1. The van der Waals surface area contributed by atoms with Crippen LogP contribution in [0.25, 0.3) is 11.2 Å². The molecular formula is C30H38ClN7O3. The summed E-state index contributed by atoms with van der Waals surface area (Å²) in [5, 5.41) is 7.90. The number of fused-ring (bicyclic) bond motifs is 1. The molecule has 0 bridgehead atoms. The highest BCUT2D eigenvalue weighted by atomic mass is 35.5. The minimum atomic E-state index is -0.00390. The number of nitrogens with one attached hydrogen (secondary N) is 1. The number of carbonyl (C=O) groups excluding carboxylic acids is 2. The number of nitrogens with zero attached hydrogens (tertiary/aromatic N) is 6. The number of pyridine rings is 1. The van der Waals surface area contributed by atoms with E-state index in [-0.39, 0.29) is 36.2 Å². The largest absolute Gasteiger partial charge is 0.381 e. The number of aromatic nitrogens is 3. The summed E-state index contributed by atoms with van der Waals surface area (Å²) in [6, 6.07) is 11.8. The lowest BCUT2D eigenvalue weighted by atomic mass is 9.99. The Morgan fingerprint density at radius 1 is 1.07 bits per heavy atom. The third-order valence-electron chi connectivity index (χ3n) is 8.45. The van der Waals surface area contributed by atoms with E-state index in [4.69, 9.17) is 9.72 Å². The fourth-order valence-electron chi connectivity index (χ4n) is 5.89. The van der Waals surface area contributed by atoms with Gasteiger partial charge in [-0.15, -0.1) is 17.5 Å². The lowest BCUT2D eigenvalue weighted by Gasteiger charge is -2.35. The number of carbonyl (C=O) groups is 2. The fraction of sp³-hybridized carbons (Fsp3) is 0.467. The second-order valence-corrected chi connectivity index (χ2v) is 11.1. The van der Waals surface area contributed by atoms with Crippen molar-refractivity contribution in [1.29, 1.82) is 0 Å². The number of hydrogen-bond acceptors (Lipinski definition) is 7. The average Bonchev–Trinajstić information content (AvgIpc) is 3.67. The smallest absolute Gasteiger partial charge is 0.253 e. The van der Waals surface area contributed by atoms with Crippen LogP contribution >= 0.6 is 12.4 Å². The molecule has 1 N–H and O–H groups in total. The number of hydrogen-bond donors (Lipinski definition) is 1. The maximum Gasteiger partial charge on any atom is 0.253 e. The second-order valence-electron chi connectivity index (χ2n) is 11.1. The predicted octanol–water partition coefficient (Wildman–Crippen LogP) is 3.71. The van der Waals surface area contributed by atoms with Crippen LogP contribution in [0.15, 0.2) is 48.7 Å². The first-order valence-electron chi connectivity index (χ1n) is 14.2. The van der Waals surface area contributed by atoms with E-state index in [1.807, 2.05) is 53.4 Å². The summed E-state index contributed by atoms with van der Waals surface area (Å²) >= 11 is 0. The third kappa shape index (κ3) is 6.24. The Labute approximate surface area is 246 Å². The monoisotopic (exact) mass is 579 g/mol. The van der Waals surface area contributed by atoms with E-state index in [0.717, 1.165) is 55.7 Å². The molecule has 10 nitrogen and oxygen atoms in total. The predicted molar refractivity (Wildman–Crippen MR) is 161 cm³/mol. The van der Waals surface area contributed by atoms with Gasteiger partial charge in [0.1, 0.15) is 0 Å². The Balaban J connectivity index is 0.00000337. The highest BCUT2D eigenvalue weighted by Crippen LogP contribution is 2.28. The molecule has 3 aliphatic heterocycles. The van der Waals surface area contributed by atoms with Gasteiger partial charge in [0.05, 0.1) is 12.5 Å². The number of anilines is 2. The van der Waals surface area contributed by atoms with E-state index in [9.17, 15) is 9.59 Å². The molecule has 3 aromatic rings. The summed E-state index contributed by atoms with van der Waals surface area (Å²) in [6.45, 7) is 4.54. The molecule has 0 aliphatic carbocycles. The van der Waals surface area contributed by atoms with Gasteiger partial charge in [0.15, 0.2) is 5.65 Å². The van der Waals surface area contributed by atoms with Gasteiger partial charge in [-0.3, -0.25) is 9.59 Å². The molecule has 0 spiro atoms. The summed E-state index contributed by atoms with van der Waals surface area (Å²) in [6.07, 6.45) is 7.61. The molecule has 2 aromatic heterocycles. The molecule has 41 heavy (non-hydrogen) atoms. The first-order valence-corrected chi connectivity index (χ1v) is 14.2. The standard InChI is InChI=1S/C30H37N7O3.ClH/c1-34-15-11-25(12-16-34)35(2)28(38)22-5-7-24(8-6-22)31-30-32-27-26(4-3-14-37(27)33-30)21-9-17-36(18-10-21)29(39)23-13-19-40-20-23;/h3-9,14,23,25H,10-13,15-20H2,1-2H3,(H,31,33);1H. The van der Waals surface area contributed by atoms with Crippen LogP contribution in [0.1, 0.15) is 41.6 Å². The van der Waals surface area contributed by atoms with E-state index < -0.39 is 0 Å². The van der Waals surface area contributed by atoms with Crippen molar-refractivity contribution >= 4 is 47.1 Å². The van der Waals surface area contributed by atoms with Crippen LogP contribution in [0.4, 0.5) is 11.6 Å². The molecule has 11 heteroatoms. The molecule has 1 unspecified atom stereocenters. The number of amides is 2. The Bertz CT molecular complexity index is 1410. The minimum absolute atomic E-state index is 0. The average molecular weight is 580 g/mol. The summed E-state index contributed by atoms with van der Waals surface area (Å²) in [7, 11) is 4.03. The van der Waals surface area contributed by atoms with Gasteiger partial charge < -0.3 is 24.8 Å². The van der Waals surface area contributed by atoms with Gasteiger partial charge in [0, 0.05) is 55.8 Å². The molecule has 218 valence electrons. The van der Waals surface area contributed by atoms with Crippen molar-refractivity contribution in [2.75, 3.05) is 58.8 Å². The highest BCUT2D eigenvalue weighted by Gasteiger charge is 2.29. The number of piperidine rings is 1. The summed E-state index contributed by atoms with van der Waals surface area (Å²) in [5.41, 5.74) is 4.46. The molecule has 6 rings (SSSR count). The number of rotatable bonds is 6. The molecular weight excluding hydrogens is 542 g/mol. The highest BCUT2D eigenvalue weighted by molar-refractivity contribution is 5.94. The molecule has 2 saturated heterocycles. The maximum absolute atomic E-state index is 13.1. The molecule has 2 amide bonds. The number of ether oxygens (including phenoxy) is 1. The minimum Gasteiger partial charge on any atom is -0.381 e. The first-order chi connectivity index (χ1) is 19.5. The SMILES string of the molecule is CN1CCC(N(C)C(=O)c2ccc(Nc3nc4c(C5=CCN(C(=O)C6CCOC6)CC5)cccn4n3)cc2)CC1.Cl. The van der Waals surface area contributed by atoms with Crippen LogP contribution in [0, 0.1) is 5.92 Å². The maximum atomic E-state index is 13.1. The van der Waals surface area contributed by atoms with Crippen molar-refractivity contribution in [3.63, 3.8) is 0 Å². The third-order valence-corrected chi connectivity index (χ3v) is 8.45. The lowest BCUT2D eigenvalue weighted by molar-refractivity contribution is -0.135. The van der Waals surface area contributed by atoms with Crippen LogP contribution in [0.3, 0.4) is 0 Å². The van der Waals surface area contributed by atoms with Crippen LogP contribution in [0.5, 0.6) is 0 Å². The van der Waals surface area contributed by atoms with E-state index in [1.165, 1.54) is 5.57 Å². The quantitative estimate of drug-likeness (QED) is 0.476. The Kier molecular flexibility index (Phi) is 8.91. The van der Waals surface area contributed by atoms with Crippen LogP contribution in [0.2, 0.25) is 0 Å². The molecule has 1 aromatic carbocycles. The zero-order chi connectivity index (χ0) is 27.6. The van der Waals surface area contributed by atoms with Gasteiger partial charge in [-0.25, -0.2) is 4.52 Å². The summed E-state index contributed by atoms with van der Waals surface area (Å²) < 4.78 is 7.18. The number of likely N-dealkylation sites (tertiary alicyclic amines) is 1. The summed E-state index contributed by atoms with van der Waals surface area (Å²) in [5.74, 6) is 0.732. The van der Waals surface area contributed by atoms with Crippen molar-refractivity contribution < 1.29 is 14.3 Å². The molecule has 5 heterocycles. The molecule has 1 atom stereocenters. The van der Waals surface area contributed by atoms with E-state index in [2.05, 4.69) is 34.5 Å². The Morgan fingerprint density at radius 2 is 1.85 bits per heavy atom. The normalized spacial score (nSPS) is 20.0. The molecule has 3 aliphatic rings. The van der Waals surface area contributed by atoms with Gasteiger partial charge in [-0.2, -0.15) is 4.98 Å². The molecule has 0 radical (unpaired) electrons. The van der Waals surface area contributed by atoms with E-state index in [0.29, 0.717) is 37.8 Å². The second kappa shape index (κ2) is 12.6. The van der Waals surface area contributed by atoms with Crippen LogP contribution in [-0.4, -0.2) is 101 Å². The van der Waals surface area contributed by atoms with E-state index in [1.54, 1.807) is 4.52 Å². The van der Waals surface area contributed by atoms with Crippen molar-refractivity contribution in [3.05, 3.63) is 59.8 Å². The van der Waals surface area contributed by atoms with E-state index >= 15 is 0 Å². The van der Waals surface area contributed by atoms with Crippen LogP contribution in [-0.2, 0) is 9.53 Å². The molecule has 0 saturated carbocycles.